The predicted octanol–water partition coefficient (Wildman–Crippen LogP) is 0.251. The van der Waals surface area contributed by atoms with Gasteiger partial charge in [-0.1, -0.05) is 29.8 Å². The summed E-state index contributed by atoms with van der Waals surface area (Å²) in [6.07, 6.45) is -2.63. The van der Waals surface area contributed by atoms with Crippen molar-refractivity contribution in [3.8, 4) is 0 Å². The van der Waals surface area contributed by atoms with E-state index in [1.165, 1.54) is 6.08 Å². The molecule has 1 aromatic rings. The Bertz CT molecular complexity index is 623. The smallest absolute Gasteiger partial charge is 0.335 e. The molecule has 0 aliphatic heterocycles. The SMILES string of the molecule is Cc1ccc(C=CC(=O)OC2C(O)CC(O)(C(=O)O)CC2O)cc1. The van der Waals surface area contributed by atoms with Gasteiger partial charge in [-0.3, -0.25) is 0 Å². The third-order valence-electron chi connectivity index (χ3n) is 3.99. The molecule has 0 bridgehead atoms. The van der Waals surface area contributed by atoms with E-state index in [2.05, 4.69) is 0 Å². The molecule has 2 atom stereocenters. The fourth-order valence-electron chi connectivity index (χ4n) is 2.61. The number of aliphatic hydroxyl groups excluding tert-OH is 2. The van der Waals surface area contributed by atoms with Crippen LogP contribution in [-0.2, 0) is 14.3 Å². The second-order valence-corrected chi connectivity index (χ2v) is 6.03. The van der Waals surface area contributed by atoms with Crippen LogP contribution < -0.4 is 0 Å². The van der Waals surface area contributed by atoms with Crippen molar-refractivity contribution in [2.24, 2.45) is 0 Å². The van der Waals surface area contributed by atoms with Gasteiger partial charge in [-0.2, -0.15) is 0 Å². The largest absolute Gasteiger partial charge is 0.479 e. The first-order valence-electron chi connectivity index (χ1n) is 7.48. The molecule has 7 nitrogen and oxygen atoms in total. The minimum atomic E-state index is -2.24. The molecule has 0 aromatic heterocycles. The highest BCUT2D eigenvalue weighted by atomic mass is 16.6. The molecule has 1 aliphatic rings. The minimum absolute atomic E-state index is 0.529. The molecular weight excluding hydrogens is 316 g/mol. The van der Waals surface area contributed by atoms with E-state index in [0.717, 1.165) is 17.2 Å². The summed E-state index contributed by atoms with van der Waals surface area (Å²) >= 11 is 0. The highest BCUT2D eigenvalue weighted by Gasteiger charge is 2.50. The second kappa shape index (κ2) is 7.12. The lowest BCUT2D eigenvalue weighted by Gasteiger charge is -2.39. The Labute approximate surface area is 138 Å². The monoisotopic (exact) mass is 336 g/mol. The molecule has 0 spiro atoms. The van der Waals surface area contributed by atoms with Crippen molar-refractivity contribution in [1.82, 2.24) is 0 Å². The topological polar surface area (TPSA) is 124 Å². The van der Waals surface area contributed by atoms with Crippen LogP contribution in [0.25, 0.3) is 6.08 Å². The van der Waals surface area contributed by atoms with Gasteiger partial charge in [0.25, 0.3) is 0 Å². The Hall–Kier alpha value is -2.22. The molecule has 24 heavy (non-hydrogen) atoms. The number of hydrogen-bond acceptors (Lipinski definition) is 6. The summed E-state index contributed by atoms with van der Waals surface area (Å²) in [5.41, 5.74) is -0.379. The first-order chi connectivity index (χ1) is 11.2. The lowest BCUT2D eigenvalue weighted by atomic mass is 9.79. The van der Waals surface area contributed by atoms with Crippen LogP contribution in [0.4, 0.5) is 0 Å². The van der Waals surface area contributed by atoms with E-state index in [1.807, 2.05) is 31.2 Å². The van der Waals surface area contributed by atoms with Crippen LogP contribution in [-0.4, -0.2) is 56.3 Å². The van der Waals surface area contributed by atoms with E-state index in [9.17, 15) is 24.9 Å². The molecule has 2 unspecified atom stereocenters. The van der Waals surface area contributed by atoms with Gasteiger partial charge in [0.2, 0.25) is 0 Å². The molecule has 4 N–H and O–H groups in total. The fourth-order valence-corrected chi connectivity index (χ4v) is 2.61. The van der Waals surface area contributed by atoms with E-state index < -0.39 is 48.7 Å². The van der Waals surface area contributed by atoms with Crippen LogP contribution in [0, 0.1) is 6.92 Å². The van der Waals surface area contributed by atoms with Gasteiger partial charge in [0.1, 0.15) is 0 Å². The average Bonchev–Trinajstić information content (AvgIpc) is 2.50. The lowest BCUT2D eigenvalue weighted by Crippen LogP contribution is -2.57. The number of aryl methyl sites for hydroxylation is 1. The van der Waals surface area contributed by atoms with E-state index in [-0.39, 0.29) is 0 Å². The average molecular weight is 336 g/mol. The summed E-state index contributed by atoms with van der Waals surface area (Å²) < 4.78 is 5.00. The van der Waals surface area contributed by atoms with Crippen molar-refractivity contribution in [2.75, 3.05) is 0 Å². The number of carboxylic acid groups (broad SMARTS) is 1. The van der Waals surface area contributed by atoms with Crippen LogP contribution >= 0.6 is 0 Å². The molecule has 1 saturated carbocycles. The van der Waals surface area contributed by atoms with Crippen LogP contribution in [0.1, 0.15) is 24.0 Å². The molecule has 0 amide bonds. The molecule has 0 saturated heterocycles. The summed E-state index contributed by atoms with van der Waals surface area (Å²) in [5.74, 6) is -2.32. The number of ether oxygens (including phenoxy) is 1. The summed E-state index contributed by atoms with van der Waals surface area (Å²) in [4.78, 5) is 22.8. The van der Waals surface area contributed by atoms with Gasteiger partial charge in [0.15, 0.2) is 11.7 Å². The van der Waals surface area contributed by atoms with Crippen molar-refractivity contribution < 1.29 is 34.8 Å². The van der Waals surface area contributed by atoms with Gasteiger partial charge in [0.05, 0.1) is 12.2 Å². The zero-order valence-corrected chi connectivity index (χ0v) is 13.1. The van der Waals surface area contributed by atoms with Crippen molar-refractivity contribution >= 4 is 18.0 Å². The van der Waals surface area contributed by atoms with Gasteiger partial charge >= 0.3 is 11.9 Å². The molecule has 1 aromatic carbocycles. The van der Waals surface area contributed by atoms with E-state index in [1.54, 1.807) is 0 Å². The van der Waals surface area contributed by atoms with Crippen molar-refractivity contribution in [1.29, 1.82) is 0 Å². The molecule has 0 heterocycles. The van der Waals surface area contributed by atoms with Gasteiger partial charge in [-0.15, -0.1) is 0 Å². The zero-order chi connectivity index (χ0) is 17.9. The molecule has 1 aliphatic carbocycles. The first-order valence-corrected chi connectivity index (χ1v) is 7.48. The number of carbonyl (C=O) groups is 2. The number of carboxylic acids is 1. The number of benzene rings is 1. The molecule has 0 radical (unpaired) electrons. The number of hydrogen-bond donors (Lipinski definition) is 4. The zero-order valence-electron chi connectivity index (χ0n) is 13.1. The van der Waals surface area contributed by atoms with Gasteiger partial charge in [-0.05, 0) is 18.6 Å². The quantitative estimate of drug-likeness (QED) is 0.459. The van der Waals surface area contributed by atoms with E-state index in [0.29, 0.717) is 0 Å². The van der Waals surface area contributed by atoms with Gasteiger partial charge in [-0.25, -0.2) is 9.59 Å². The molecule has 7 heteroatoms. The van der Waals surface area contributed by atoms with E-state index >= 15 is 0 Å². The summed E-state index contributed by atoms with van der Waals surface area (Å²) in [5, 5.41) is 38.6. The van der Waals surface area contributed by atoms with Crippen LogP contribution in [0.5, 0.6) is 0 Å². The van der Waals surface area contributed by atoms with Crippen LogP contribution in [0.15, 0.2) is 30.3 Å². The van der Waals surface area contributed by atoms with E-state index in [4.69, 9.17) is 9.84 Å². The number of aliphatic hydroxyl groups is 3. The Morgan fingerprint density at radius 2 is 1.71 bits per heavy atom. The summed E-state index contributed by atoms with van der Waals surface area (Å²) in [7, 11) is 0. The van der Waals surface area contributed by atoms with Crippen molar-refractivity contribution in [2.45, 2.75) is 43.7 Å². The van der Waals surface area contributed by atoms with Crippen LogP contribution in [0.2, 0.25) is 0 Å². The first kappa shape index (κ1) is 18.1. The second-order valence-electron chi connectivity index (χ2n) is 6.03. The lowest BCUT2D eigenvalue weighted by molar-refractivity contribution is -0.196. The Kier molecular flexibility index (Phi) is 5.38. The normalized spacial score (nSPS) is 30.2. The number of rotatable bonds is 4. The molecule has 1 fully saturated rings. The minimum Gasteiger partial charge on any atom is -0.479 e. The van der Waals surface area contributed by atoms with Gasteiger partial charge in [0, 0.05) is 18.9 Å². The van der Waals surface area contributed by atoms with Crippen molar-refractivity contribution in [3.05, 3.63) is 41.5 Å². The molecule has 2 rings (SSSR count). The van der Waals surface area contributed by atoms with Gasteiger partial charge < -0.3 is 25.2 Å². The maximum atomic E-state index is 11.8. The number of aliphatic carboxylic acids is 1. The highest BCUT2D eigenvalue weighted by Crippen LogP contribution is 2.31. The third kappa shape index (κ3) is 4.19. The highest BCUT2D eigenvalue weighted by molar-refractivity contribution is 5.87. The number of carbonyl (C=O) groups excluding carboxylic acids is 1. The standard InChI is InChI=1S/C17H20O7/c1-10-2-4-11(5-3-10)6-7-14(20)24-15-12(18)8-17(23,16(21)22)9-13(15)19/h2-7,12-13,15,18-19,23H,8-9H2,1H3,(H,21,22). The summed E-state index contributed by atoms with van der Waals surface area (Å²) in [6, 6.07) is 7.39. The fraction of sp³-hybridized carbons (Fsp3) is 0.412. The predicted molar refractivity (Wildman–Crippen MR) is 83.9 cm³/mol. The Morgan fingerprint density at radius 3 is 2.21 bits per heavy atom. The Balaban J connectivity index is 1.98. The Morgan fingerprint density at radius 1 is 1.17 bits per heavy atom. The maximum absolute atomic E-state index is 11.8. The van der Waals surface area contributed by atoms with Crippen LogP contribution in [0.3, 0.4) is 0 Å². The molecular formula is C17H20O7. The molecule has 130 valence electrons. The number of esters is 1. The maximum Gasteiger partial charge on any atom is 0.335 e. The summed E-state index contributed by atoms with van der Waals surface area (Å²) in [6.45, 7) is 1.94. The van der Waals surface area contributed by atoms with Crippen molar-refractivity contribution in [3.63, 3.8) is 0 Å². The third-order valence-corrected chi connectivity index (χ3v) is 3.99.